The van der Waals surface area contributed by atoms with E-state index in [-0.39, 0.29) is 58.5 Å². The summed E-state index contributed by atoms with van der Waals surface area (Å²) in [6.07, 6.45) is -1.13. The lowest BCUT2D eigenvalue weighted by Gasteiger charge is -2.38. The molecule has 416 valence electrons. The standard InChI is InChI=1S/C55H58N6O17S/c1-50(2,3)75-46(67)53(24-31-20-21-32(25-53)71-31)78-59-40(36-28-79-48(57-36)58-49(69)77-52(7,8)9)41(62)56-35-27-70-61(44(35)65)54(47(68)76-51(4,5)6)26-37(45(66)74-54)60-42(63)33-22-38-39(23-34(33)43(60)64)73-55(72-38,29-16-12-10-13-17-29)30-18-14-11-15-19-30/h10-19,22-23,28,31-32,35,37H,20-21,24-27H2,1-9H3,(H,56,62)(H,57,58,69)/b59-40-/t31?,32?,35-,37-,53?,54?/m0/s1. The number of rotatable bonds is 12. The van der Waals surface area contributed by atoms with Crippen LogP contribution in [0.1, 0.15) is 132 Å². The van der Waals surface area contributed by atoms with Crippen molar-refractivity contribution in [1.82, 2.24) is 20.3 Å². The lowest BCUT2D eigenvalue weighted by atomic mass is 9.90. The number of cyclic esters (lactones) is 1. The van der Waals surface area contributed by atoms with Crippen LogP contribution < -0.4 is 20.1 Å². The molecule has 0 spiro atoms. The minimum absolute atomic E-state index is 0.0175. The maximum Gasteiger partial charge on any atom is 0.413 e. The summed E-state index contributed by atoms with van der Waals surface area (Å²) in [4.78, 5) is 131. The highest BCUT2D eigenvalue weighted by Crippen LogP contribution is 2.51. The highest BCUT2D eigenvalue weighted by molar-refractivity contribution is 7.14. The molecule has 6 aliphatic heterocycles. The molecule has 2 N–H and O–H groups in total. The van der Waals surface area contributed by atoms with E-state index < -0.39 is 112 Å². The van der Waals surface area contributed by atoms with Crippen molar-refractivity contribution in [2.75, 3.05) is 11.9 Å². The van der Waals surface area contributed by atoms with Gasteiger partial charge in [-0.05, 0) is 87.3 Å². The van der Waals surface area contributed by atoms with Crippen LogP contribution in [0.4, 0.5) is 9.93 Å². The van der Waals surface area contributed by atoms with Crippen LogP contribution in [0.15, 0.2) is 83.3 Å². The molecule has 23 nitrogen and oxygen atoms in total. The molecule has 4 saturated heterocycles. The fraction of sp³-hybridized carbons (Fsp3) is 0.455. The number of amides is 5. The van der Waals surface area contributed by atoms with Gasteiger partial charge in [0.2, 0.25) is 5.60 Å². The number of esters is 3. The number of hydrogen-bond acceptors (Lipinski definition) is 20. The monoisotopic (exact) mass is 1110 g/mol. The van der Waals surface area contributed by atoms with E-state index in [0.717, 1.165) is 11.3 Å². The number of thiazole rings is 1. The maximum atomic E-state index is 14.7. The molecule has 7 heterocycles. The summed E-state index contributed by atoms with van der Waals surface area (Å²) in [7, 11) is 0. The Kier molecular flexibility index (Phi) is 13.6. The van der Waals surface area contributed by atoms with E-state index in [1.165, 1.54) is 38.3 Å². The first kappa shape index (κ1) is 54.4. The van der Waals surface area contributed by atoms with Crippen LogP contribution in [0.25, 0.3) is 0 Å². The summed E-state index contributed by atoms with van der Waals surface area (Å²) in [5.74, 6) is -8.65. The Balaban J connectivity index is 0.922. The second kappa shape index (κ2) is 19.7. The number of hydrogen-bond donors (Lipinski definition) is 2. The Labute approximate surface area is 457 Å². The van der Waals surface area contributed by atoms with Crippen LogP contribution in [-0.2, 0) is 63.1 Å². The van der Waals surface area contributed by atoms with E-state index in [2.05, 4.69) is 20.8 Å². The highest BCUT2D eigenvalue weighted by atomic mass is 32.1. The molecule has 10 rings (SSSR count). The predicted octanol–water partition coefficient (Wildman–Crippen LogP) is 6.21. The van der Waals surface area contributed by atoms with Gasteiger partial charge >= 0.3 is 35.5 Å². The topological polar surface area (TPSA) is 275 Å². The summed E-state index contributed by atoms with van der Waals surface area (Å²) >= 11 is 0.898. The minimum atomic E-state index is -2.76. The van der Waals surface area contributed by atoms with Crippen molar-refractivity contribution < 1.29 is 81.2 Å². The van der Waals surface area contributed by atoms with Gasteiger partial charge in [0.15, 0.2) is 22.3 Å². The number of imide groups is 1. The number of nitrogens with zero attached hydrogens (tertiary/aromatic N) is 4. The summed E-state index contributed by atoms with van der Waals surface area (Å²) < 4.78 is 41.7. The summed E-state index contributed by atoms with van der Waals surface area (Å²) in [6.45, 7) is 14.0. The Morgan fingerprint density at radius 3 is 1.81 bits per heavy atom. The summed E-state index contributed by atoms with van der Waals surface area (Å²) in [5, 5.41) is 11.1. The van der Waals surface area contributed by atoms with E-state index in [1.54, 1.807) is 41.5 Å². The molecule has 5 amide bonds. The normalized spacial score (nSPS) is 25.2. The van der Waals surface area contributed by atoms with Crippen LogP contribution in [0, 0.1) is 0 Å². The average molecular weight is 1110 g/mol. The Hall–Kier alpha value is -7.96. The van der Waals surface area contributed by atoms with Crippen molar-refractivity contribution >= 4 is 69.8 Å². The van der Waals surface area contributed by atoms with E-state index in [9.17, 15) is 38.4 Å². The Morgan fingerprint density at radius 1 is 0.722 bits per heavy atom. The van der Waals surface area contributed by atoms with E-state index in [4.69, 9.17) is 42.8 Å². The fourth-order valence-electron chi connectivity index (χ4n) is 10.0. The number of hydroxylamine groups is 2. The number of oxime groups is 1. The minimum Gasteiger partial charge on any atom is -0.457 e. The van der Waals surface area contributed by atoms with Crippen LogP contribution in [-0.4, -0.2) is 127 Å². The largest absolute Gasteiger partial charge is 0.457 e. The zero-order chi connectivity index (χ0) is 56.6. The van der Waals surface area contributed by atoms with Gasteiger partial charge < -0.3 is 43.3 Å². The van der Waals surface area contributed by atoms with Crippen LogP contribution in [0.3, 0.4) is 0 Å². The molecular formula is C55H58N6O17S. The van der Waals surface area contributed by atoms with Crippen LogP contribution in [0.2, 0.25) is 0 Å². The number of aromatic nitrogens is 1. The number of benzene rings is 3. The molecule has 6 aliphatic rings. The van der Waals surface area contributed by atoms with E-state index >= 15 is 0 Å². The van der Waals surface area contributed by atoms with Crippen molar-refractivity contribution in [1.29, 1.82) is 0 Å². The van der Waals surface area contributed by atoms with Gasteiger partial charge in [0, 0.05) is 29.3 Å². The van der Waals surface area contributed by atoms with Crippen molar-refractivity contribution in [3.05, 3.63) is 106 Å². The Bertz CT molecular complexity index is 3100. The Morgan fingerprint density at radius 2 is 1.27 bits per heavy atom. The third-order valence-electron chi connectivity index (χ3n) is 13.3. The molecule has 0 saturated carbocycles. The van der Waals surface area contributed by atoms with Gasteiger partial charge in [-0.2, -0.15) is 5.06 Å². The van der Waals surface area contributed by atoms with Gasteiger partial charge in [-0.25, -0.2) is 24.2 Å². The summed E-state index contributed by atoms with van der Waals surface area (Å²) in [6, 6.07) is 17.4. The highest BCUT2D eigenvalue weighted by Gasteiger charge is 2.66. The molecule has 2 bridgehead atoms. The van der Waals surface area contributed by atoms with Crippen LogP contribution in [0.5, 0.6) is 11.5 Å². The number of nitrogens with one attached hydrogen (secondary N) is 2. The smallest absolute Gasteiger partial charge is 0.413 e. The molecule has 1 aromatic heterocycles. The number of anilines is 1. The molecule has 0 aliphatic carbocycles. The molecule has 4 aromatic rings. The van der Waals surface area contributed by atoms with Gasteiger partial charge in [-0.3, -0.25) is 34.2 Å². The lowest BCUT2D eigenvalue weighted by Crippen LogP contribution is -2.59. The van der Waals surface area contributed by atoms with Gasteiger partial charge in [0.25, 0.3) is 23.6 Å². The van der Waals surface area contributed by atoms with E-state index in [1.807, 2.05) is 60.7 Å². The molecule has 3 aromatic carbocycles. The van der Waals surface area contributed by atoms with E-state index in [0.29, 0.717) is 33.9 Å². The molecule has 0 radical (unpaired) electrons. The van der Waals surface area contributed by atoms with Gasteiger partial charge in [-0.1, -0.05) is 65.8 Å². The molecule has 79 heavy (non-hydrogen) atoms. The second-order valence-electron chi connectivity index (χ2n) is 22.8. The fourth-order valence-corrected chi connectivity index (χ4v) is 10.7. The van der Waals surface area contributed by atoms with Crippen molar-refractivity contribution in [3.63, 3.8) is 0 Å². The maximum absolute atomic E-state index is 14.7. The number of carbonyl (C=O) groups excluding carboxylic acids is 8. The van der Waals surface area contributed by atoms with Crippen molar-refractivity contribution in [2.24, 2.45) is 5.16 Å². The zero-order valence-corrected chi connectivity index (χ0v) is 45.5. The van der Waals surface area contributed by atoms with Crippen molar-refractivity contribution in [3.8, 4) is 11.5 Å². The SMILES string of the molecule is CC(C)(C)OC(=O)Nc1nc(/C(=N/OC2(C(=O)OC(C)(C)C)CC3CCC(C2)O3)C(=O)N[C@H]2CON(C3(C(=O)OC(C)(C)C)C[C@H](N4C(=O)c5cc6c(cc5C4=O)OC(c4ccccc4)(c4ccccc4)O6)C(=O)O3)C2=O)cs1. The third-order valence-corrected chi connectivity index (χ3v) is 14.1. The molecular weight excluding hydrogens is 1050 g/mol. The average Bonchev–Trinajstić information content (AvgIpc) is 4.45. The quantitative estimate of drug-likeness (QED) is 0.0524. The van der Waals surface area contributed by atoms with Gasteiger partial charge in [0.05, 0.1) is 29.8 Å². The van der Waals surface area contributed by atoms with Gasteiger partial charge in [-0.15, -0.1) is 11.3 Å². The second-order valence-corrected chi connectivity index (χ2v) is 23.7. The lowest BCUT2D eigenvalue weighted by molar-refractivity contribution is -0.263. The first-order valence-corrected chi connectivity index (χ1v) is 26.4. The molecule has 24 heteroatoms. The first-order chi connectivity index (χ1) is 37.2. The van der Waals surface area contributed by atoms with Gasteiger partial charge in [0.1, 0.15) is 41.2 Å². The molecule has 4 fully saturated rings. The number of ether oxygens (including phenoxy) is 7. The first-order valence-electron chi connectivity index (χ1n) is 25.6. The molecule has 3 unspecified atom stereocenters. The number of carbonyl (C=O) groups is 8. The van der Waals surface area contributed by atoms with Crippen molar-refractivity contribution in [2.45, 2.75) is 153 Å². The third kappa shape index (κ3) is 10.5. The predicted molar refractivity (Wildman–Crippen MR) is 275 cm³/mol. The zero-order valence-electron chi connectivity index (χ0n) is 44.7. The van der Waals surface area contributed by atoms with Crippen LogP contribution >= 0.6 is 11.3 Å². The summed E-state index contributed by atoms with van der Waals surface area (Å²) in [5.41, 5.74) is -7.31. The number of fused-ring (bicyclic) bond motifs is 4. The molecule has 5 atom stereocenters.